The van der Waals surface area contributed by atoms with Crippen LogP contribution in [-0.2, 0) is 24.3 Å². The van der Waals surface area contributed by atoms with Crippen molar-refractivity contribution in [2.45, 2.75) is 52.1 Å². The number of hydrogen-bond donors (Lipinski definition) is 0. The predicted octanol–water partition coefficient (Wildman–Crippen LogP) is 2.28. The minimum absolute atomic E-state index is 0.162. The fraction of sp³-hybridized carbons (Fsp3) is 0.588. The first-order valence-corrected chi connectivity index (χ1v) is 8.37. The molecule has 2 aromatic heterocycles. The van der Waals surface area contributed by atoms with Crippen LogP contribution in [0.25, 0.3) is 0 Å². The molecule has 0 N–H and O–H groups in total. The number of fused-ring (bicyclic) bond motifs is 1. The van der Waals surface area contributed by atoms with E-state index in [-0.39, 0.29) is 5.91 Å². The van der Waals surface area contributed by atoms with Gasteiger partial charge in [-0.15, -0.1) is 10.2 Å². The number of rotatable bonds is 4. The zero-order valence-corrected chi connectivity index (χ0v) is 13.7. The number of carbonyl (C=O) groups is 1. The summed E-state index contributed by atoms with van der Waals surface area (Å²) in [6.07, 6.45) is 2.38. The van der Waals surface area contributed by atoms with Crippen molar-refractivity contribution in [2.24, 2.45) is 5.92 Å². The predicted molar refractivity (Wildman–Crippen MR) is 83.7 cm³/mol. The van der Waals surface area contributed by atoms with Crippen LogP contribution in [0.15, 0.2) is 16.5 Å². The minimum atomic E-state index is 0.162. The van der Waals surface area contributed by atoms with Crippen LogP contribution in [0.3, 0.4) is 0 Å². The fourth-order valence-electron chi connectivity index (χ4n) is 3.35. The molecular formula is C17H22N4O2. The summed E-state index contributed by atoms with van der Waals surface area (Å²) in [5.74, 6) is 5.30. The van der Waals surface area contributed by atoms with Crippen molar-refractivity contribution in [2.75, 3.05) is 6.54 Å². The molecule has 1 aliphatic heterocycles. The van der Waals surface area contributed by atoms with Gasteiger partial charge in [0.25, 0.3) is 0 Å². The first-order valence-electron chi connectivity index (χ1n) is 8.37. The standard InChI is InChI=1S/C17H22N4O2/c1-11-9-14(11)15-5-3-13(23-15)4-6-17(22)20-7-8-21-12(2)18-19-16(21)10-20/h3,5,11,14H,4,6-10H2,1-2H3/t11-,14-/m0/s1. The number of furan rings is 1. The highest BCUT2D eigenvalue weighted by Crippen LogP contribution is 2.47. The van der Waals surface area contributed by atoms with E-state index in [9.17, 15) is 4.79 Å². The number of aryl methyl sites for hydroxylation is 2. The maximum atomic E-state index is 12.4. The van der Waals surface area contributed by atoms with Crippen molar-refractivity contribution in [3.05, 3.63) is 35.3 Å². The zero-order chi connectivity index (χ0) is 16.0. The Bertz CT molecular complexity index is 733. The summed E-state index contributed by atoms with van der Waals surface area (Å²) in [4.78, 5) is 14.3. The molecule has 23 heavy (non-hydrogen) atoms. The topological polar surface area (TPSA) is 64.2 Å². The Morgan fingerprint density at radius 3 is 2.96 bits per heavy atom. The van der Waals surface area contributed by atoms with Crippen molar-refractivity contribution in [3.8, 4) is 0 Å². The van der Waals surface area contributed by atoms with Crippen molar-refractivity contribution >= 4 is 5.91 Å². The van der Waals surface area contributed by atoms with Gasteiger partial charge in [-0.25, -0.2) is 0 Å². The quantitative estimate of drug-likeness (QED) is 0.868. The van der Waals surface area contributed by atoms with Crippen molar-refractivity contribution in [1.82, 2.24) is 19.7 Å². The summed E-state index contributed by atoms with van der Waals surface area (Å²) in [7, 11) is 0. The molecule has 6 nitrogen and oxygen atoms in total. The highest BCUT2D eigenvalue weighted by molar-refractivity contribution is 5.76. The molecule has 0 aromatic carbocycles. The van der Waals surface area contributed by atoms with Crippen LogP contribution in [0.1, 0.15) is 48.9 Å². The van der Waals surface area contributed by atoms with Gasteiger partial charge in [-0.3, -0.25) is 4.79 Å². The lowest BCUT2D eigenvalue weighted by Gasteiger charge is -2.27. The van der Waals surface area contributed by atoms with E-state index in [2.05, 4.69) is 27.8 Å². The second kappa shape index (κ2) is 5.51. The first-order chi connectivity index (χ1) is 11.1. The van der Waals surface area contributed by atoms with Gasteiger partial charge in [0.1, 0.15) is 17.3 Å². The van der Waals surface area contributed by atoms with Gasteiger partial charge in [0.15, 0.2) is 5.82 Å². The summed E-state index contributed by atoms with van der Waals surface area (Å²) < 4.78 is 7.96. The Labute approximate surface area is 135 Å². The summed E-state index contributed by atoms with van der Waals surface area (Å²) in [5, 5.41) is 8.22. The molecule has 3 heterocycles. The molecule has 0 saturated heterocycles. The smallest absolute Gasteiger partial charge is 0.223 e. The number of hydrogen-bond acceptors (Lipinski definition) is 4. The summed E-state index contributed by atoms with van der Waals surface area (Å²) in [5.41, 5.74) is 0. The average molecular weight is 314 g/mol. The lowest BCUT2D eigenvalue weighted by atomic mass is 10.2. The van der Waals surface area contributed by atoms with Crippen LogP contribution in [0.2, 0.25) is 0 Å². The van der Waals surface area contributed by atoms with E-state index in [4.69, 9.17) is 4.42 Å². The van der Waals surface area contributed by atoms with Gasteiger partial charge in [-0.1, -0.05) is 6.92 Å². The van der Waals surface area contributed by atoms with Crippen LogP contribution >= 0.6 is 0 Å². The Morgan fingerprint density at radius 2 is 2.17 bits per heavy atom. The molecule has 0 radical (unpaired) electrons. The van der Waals surface area contributed by atoms with Gasteiger partial charge in [0, 0.05) is 31.8 Å². The minimum Gasteiger partial charge on any atom is -0.466 e. The van der Waals surface area contributed by atoms with E-state index >= 15 is 0 Å². The third-order valence-corrected chi connectivity index (χ3v) is 5.03. The molecule has 2 aliphatic rings. The Balaban J connectivity index is 1.33. The number of carbonyl (C=O) groups excluding carboxylic acids is 1. The molecule has 6 heteroatoms. The largest absolute Gasteiger partial charge is 0.466 e. The van der Waals surface area contributed by atoms with Gasteiger partial charge < -0.3 is 13.9 Å². The second-order valence-electron chi connectivity index (χ2n) is 6.75. The van der Waals surface area contributed by atoms with E-state index in [1.807, 2.05) is 17.9 Å². The molecule has 2 aromatic rings. The third kappa shape index (κ3) is 2.78. The molecule has 0 bridgehead atoms. The molecule has 1 saturated carbocycles. The van der Waals surface area contributed by atoms with Crippen molar-refractivity contribution in [3.63, 3.8) is 0 Å². The van der Waals surface area contributed by atoms with Crippen LogP contribution in [-0.4, -0.2) is 32.1 Å². The van der Waals surface area contributed by atoms with Crippen LogP contribution < -0.4 is 0 Å². The van der Waals surface area contributed by atoms with Crippen LogP contribution in [0.5, 0.6) is 0 Å². The van der Waals surface area contributed by atoms with E-state index < -0.39 is 0 Å². The van der Waals surface area contributed by atoms with Gasteiger partial charge in [0.05, 0.1) is 6.54 Å². The molecule has 0 unspecified atom stereocenters. The van der Waals surface area contributed by atoms with E-state index in [0.29, 0.717) is 25.3 Å². The van der Waals surface area contributed by atoms with Crippen molar-refractivity contribution in [1.29, 1.82) is 0 Å². The van der Waals surface area contributed by atoms with Gasteiger partial charge in [0.2, 0.25) is 5.91 Å². The lowest BCUT2D eigenvalue weighted by Crippen LogP contribution is -2.38. The summed E-state index contributed by atoms with van der Waals surface area (Å²) in [6, 6.07) is 4.09. The maximum absolute atomic E-state index is 12.4. The third-order valence-electron chi connectivity index (χ3n) is 5.03. The monoisotopic (exact) mass is 314 g/mol. The molecule has 1 amide bonds. The lowest BCUT2D eigenvalue weighted by molar-refractivity contribution is -0.132. The SMILES string of the molecule is Cc1nnc2n1CCN(C(=O)CCc1ccc([C@H]3C[C@@H]3C)o1)C2. The van der Waals surface area contributed by atoms with Crippen LogP contribution in [0.4, 0.5) is 0 Å². The first kappa shape index (κ1) is 14.5. The van der Waals surface area contributed by atoms with Crippen molar-refractivity contribution < 1.29 is 9.21 Å². The highest BCUT2D eigenvalue weighted by atomic mass is 16.3. The Kier molecular flexibility index (Phi) is 3.47. The van der Waals surface area contributed by atoms with Gasteiger partial charge in [-0.05, 0) is 31.4 Å². The van der Waals surface area contributed by atoms with Gasteiger partial charge in [-0.2, -0.15) is 0 Å². The second-order valence-corrected chi connectivity index (χ2v) is 6.75. The Morgan fingerprint density at radius 1 is 1.35 bits per heavy atom. The van der Waals surface area contributed by atoms with Gasteiger partial charge >= 0.3 is 0 Å². The summed E-state index contributed by atoms with van der Waals surface area (Å²) >= 11 is 0. The van der Waals surface area contributed by atoms with E-state index in [0.717, 1.165) is 42.2 Å². The van der Waals surface area contributed by atoms with E-state index in [1.165, 1.54) is 6.42 Å². The highest BCUT2D eigenvalue weighted by Gasteiger charge is 2.36. The maximum Gasteiger partial charge on any atom is 0.223 e. The number of nitrogens with zero attached hydrogens (tertiary/aromatic N) is 4. The van der Waals surface area contributed by atoms with Crippen LogP contribution in [0, 0.1) is 12.8 Å². The molecule has 1 fully saturated rings. The fourth-order valence-corrected chi connectivity index (χ4v) is 3.35. The zero-order valence-electron chi connectivity index (χ0n) is 13.7. The normalized spacial score (nSPS) is 23.0. The molecule has 122 valence electrons. The summed E-state index contributed by atoms with van der Waals surface area (Å²) in [6.45, 7) is 6.26. The number of aromatic nitrogens is 3. The molecule has 0 spiro atoms. The Hall–Kier alpha value is -2.11. The molecule has 4 rings (SSSR count). The number of amides is 1. The molecular weight excluding hydrogens is 292 g/mol. The molecule has 1 aliphatic carbocycles. The molecule has 2 atom stereocenters. The average Bonchev–Trinajstić information content (AvgIpc) is 2.97. The van der Waals surface area contributed by atoms with E-state index in [1.54, 1.807) is 0 Å².